The average molecular weight is 359 g/mol. The molecule has 0 bridgehead atoms. The number of hydrogen-bond donors (Lipinski definition) is 1. The predicted molar refractivity (Wildman–Crippen MR) is 114 cm³/mol. The molecule has 0 aliphatic carbocycles. The first kappa shape index (κ1) is 17.5. The molecule has 4 rings (SSSR count). The van der Waals surface area contributed by atoms with E-state index in [4.69, 9.17) is 9.47 Å². The third-order valence-corrected chi connectivity index (χ3v) is 5.07. The van der Waals surface area contributed by atoms with E-state index in [9.17, 15) is 0 Å². The quantitative estimate of drug-likeness (QED) is 0.607. The summed E-state index contributed by atoms with van der Waals surface area (Å²) < 4.78 is 11.4. The number of methoxy groups -OCH3 is 1. The fourth-order valence-corrected chi connectivity index (χ4v) is 3.67. The molecule has 1 aliphatic heterocycles. The Labute approximate surface area is 160 Å². The Morgan fingerprint density at radius 2 is 1.81 bits per heavy atom. The minimum absolute atomic E-state index is 0.191. The summed E-state index contributed by atoms with van der Waals surface area (Å²) in [5.41, 5.74) is 4.75. The van der Waals surface area contributed by atoms with Crippen LogP contribution < -0.4 is 14.8 Å². The summed E-state index contributed by atoms with van der Waals surface area (Å²) >= 11 is 0. The van der Waals surface area contributed by atoms with Gasteiger partial charge in [0.15, 0.2) is 0 Å². The van der Waals surface area contributed by atoms with Crippen LogP contribution in [0.2, 0.25) is 0 Å². The highest BCUT2D eigenvalue weighted by Gasteiger charge is 2.23. The number of hydrogen-bond acceptors (Lipinski definition) is 3. The van der Waals surface area contributed by atoms with Gasteiger partial charge >= 0.3 is 0 Å². The predicted octanol–water partition coefficient (Wildman–Crippen LogP) is 5.99. The van der Waals surface area contributed by atoms with Gasteiger partial charge in [-0.3, -0.25) is 0 Å². The molecule has 1 N–H and O–H groups in total. The van der Waals surface area contributed by atoms with E-state index in [-0.39, 0.29) is 6.04 Å². The second kappa shape index (κ2) is 7.36. The zero-order chi connectivity index (χ0) is 18.8. The van der Waals surface area contributed by atoms with Crippen molar-refractivity contribution in [2.45, 2.75) is 26.3 Å². The Morgan fingerprint density at radius 3 is 2.56 bits per heavy atom. The van der Waals surface area contributed by atoms with Gasteiger partial charge in [-0.1, -0.05) is 43.3 Å². The van der Waals surface area contributed by atoms with Crippen molar-refractivity contribution in [3.8, 4) is 11.5 Å². The standard InChI is InChI=1S/C24H25NO2/c1-4-13-27-23-14-18-7-5-6-8-20(18)22-15-21(16(2)25-24(22)23)17-9-11-19(26-3)12-10-17/h5-12,14-16,25H,4,13H2,1-3H3. The lowest BCUT2D eigenvalue weighted by atomic mass is 9.90. The third kappa shape index (κ3) is 3.25. The second-order valence-electron chi connectivity index (χ2n) is 6.93. The fourth-order valence-electron chi connectivity index (χ4n) is 3.67. The van der Waals surface area contributed by atoms with Crippen LogP contribution in [-0.2, 0) is 0 Å². The molecule has 0 aromatic heterocycles. The van der Waals surface area contributed by atoms with Crippen LogP contribution in [0.4, 0.5) is 5.69 Å². The third-order valence-electron chi connectivity index (χ3n) is 5.07. The van der Waals surface area contributed by atoms with Crippen LogP contribution in [0, 0.1) is 0 Å². The molecule has 1 unspecified atom stereocenters. The SMILES string of the molecule is CCCOc1cc2ccccc2c2c1NC(C)C(c1ccc(OC)cc1)=C2. The molecule has 0 radical (unpaired) electrons. The number of fused-ring (bicyclic) bond motifs is 3. The Balaban J connectivity index is 1.88. The summed E-state index contributed by atoms with van der Waals surface area (Å²) in [6, 6.07) is 19.1. The molecule has 0 saturated carbocycles. The normalized spacial score (nSPS) is 15.7. The number of nitrogens with one attached hydrogen (secondary N) is 1. The zero-order valence-electron chi connectivity index (χ0n) is 16.1. The maximum Gasteiger partial charge on any atom is 0.143 e. The van der Waals surface area contributed by atoms with Gasteiger partial charge in [-0.2, -0.15) is 0 Å². The lowest BCUT2D eigenvalue weighted by Crippen LogP contribution is -2.22. The topological polar surface area (TPSA) is 30.5 Å². The summed E-state index contributed by atoms with van der Waals surface area (Å²) in [4.78, 5) is 0. The van der Waals surface area contributed by atoms with Gasteiger partial charge in [0.2, 0.25) is 0 Å². The molecule has 3 nitrogen and oxygen atoms in total. The smallest absolute Gasteiger partial charge is 0.143 e. The van der Waals surface area contributed by atoms with E-state index in [2.05, 4.69) is 67.7 Å². The molecule has 0 amide bonds. The largest absolute Gasteiger partial charge is 0.497 e. The first-order chi connectivity index (χ1) is 13.2. The van der Waals surface area contributed by atoms with Gasteiger partial charge in [0.1, 0.15) is 11.5 Å². The monoisotopic (exact) mass is 359 g/mol. The summed E-state index contributed by atoms with van der Waals surface area (Å²) in [5.74, 6) is 1.80. The van der Waals surface area contributed by atoms with Crippen LogP contribution in [0.3, 0.4) is 0 Å². The van der Waals surface area contributed by atoms with Crippen LogP contribution in [-0.4, -0.2) is 19.8 Å². The lowest BCUT2D eigenvalue weighted by Gasteiger charge is -2.28. The van der Waals surface area contributed by atoms with Gasteiger partial charge in [-0.15, -0.1) is 0 Å². The number of anilines is 1. The van der Waals surface area contributed by atoms with Gasteiger partial charge in [0.05, 0.1) is 19.4 Å². The maximum absolute atomic E-state index is 6.07. The molecule has 27 heavy (non-hydrogen) atoms. The van der Waals surface area contributed by atoms with Crippen molar-refractivity contribution >= 4 is 28.1 Å². The summed E-state index contributed by atoms with van der Waals surface area (Å²) in [5, 5.41) is 6.12. The van der Waals surface area contributed by atoms with Gasteiger partial charge in [0, 0.05) is 11.6 Å². The van der Waals surface area contributed by atoms with Crippen molar-refractivity contribution in [2.24, 2.45) is 0 Å². The Kier molecular flexibility index (Phi) is 4.76. The molecular weight excluding hydrogens is 334 g/mol. The molecule has 1 atom stereocenters. The van der Waals surface area contributed by atoms with Crippen LogP contribution in [0.5, 0.6) is 11.5 Å². The first-order valence-corrected chi connectivity index (χ1v) is 9.52. The highest BCUT2D eigenvalue weighted by atomic mass is 16.5. The van der Waals surface area contributed by atoms with Gasteiger partial charge in [-0.05, 0) is 59.5 Å². The number of benzene rings is 3. The van der Waals surface area contributed by atoms with Crippen molar-refractivity contribution < 1.29 is 9.47 Å². The summed E-state index contributed by atoms with van der Waals surface area (Å²) in [6.07, 6.45) is 3.30. The van der Waals surface area contributed by atoms with E-state index >= 15 is 0 Å². The Hall–Kier alpha value is -2.94. The van der Waals surface area contributed by atoms with Crippen LogP contribution in [0.1, 0.15) is 31.4 Å². The Morgan fingerprint density at radius 1 is 1.04 bits per heavy atom. The van der Waals surface area contributed by atoms with Crippen LogP contribution in [0.15, 0.2) is 54.6 Å². The van der Waals surface area contributed by atoms with Crippen molar-refractivity contribution in [2.75, 3.05) is 19.0 Å². The molecule has 0 spiro atoms. The van der Waals surface area contributed by atoms with E-state index in [0.717, 1.165) is 30.2 Å². The van der Waals surface area contributed by atoms with Crippen LogP contribution >= 0.6 is 0 Å². The minimum atomic E-state index is 0.191. The van der Waals surface area contributed by atoms with Crippen molar-refractivity contribution in [3.05, 3.63) is 65.7 Å². The molecular formula is C24H25NO2. The van der Waals surface area contributed by atoms with E-state index in [1.54, 1.807) is 7.11 Å². The number of ether oxygens (including phenoxy) is 2. The highest BCUT2D eigenvalue weighted by molar-refractivity contribution is 6.05. The van der Waals surface area contributed by atoms with Crippen LogP contribution in [0.25, 0.3) is 22.4 Å². The summed E-state index contributed by atoms with van der Waals surface area (Å²) in [6.45, 7) is 5.04. The summed E-state index contributed by atoms with van der Waals surface area (Å²) in [7, 11) is 1.69. The van der Waals surface area contributed by atoms with Gasteiger partial charge < -0.3 is 14.8 Å². The molecule has 138 valence electrons. The average Bonchev–Trinajstić information content (AvgIpc) is 2.71. The first-order valence-electron chi connectivity index (χ1n) is 9.52. The fraction of sp³-hybridized carbons (Fsp3) is 0.250. The van der Waals surface area contributed by atoms with Crippen molar-refractivity contribution in [1.29, 1.82) is 0 Å². The lowest BCUT2D eigenvalue weighted by molar-refractivity contribution is 0.319. The maximum atomic E-state index is 6.07. The molecule has 1 aliphatic rings. The van der Waals surface area contributed by atoms with Gasteiger partial charge in [-0.25, -0.2) is 0 Å². The molecule has 0 fully saturated rings. The van der Waals surface area contributed by atoms with E-state index in [1.165, 1.54) is 27.5 Å². The van der Waals surface area contributed by atoms with E-state index in [1.807, 2.05) is 12.1 Å². The highest BCUT2D eigenvalue weighted by Crippen LogP contribution is 2.42. The molecule has 3 heteroatoms. The molecule has 3 aromatic rings. The minimum Gasteiger partial charge on any atom is -0.497 e. The molecule has 0 saturated heterocycles. The van der Waals surface area contributed by atoms with E-state index in [0.29, 0.717) is 0 Å². The molecule has 3 aromatic carbocycles. The van der Waals surface area contributed by atoms with Crippen molar-refractivity contribution in [3.63, 3.8) is 0 Å². The second-order valence-corrected chi connectivity index (χ2v) is 6.93. The van der Waals surface area contributed by atoms with Gasteiger partial charge in [0.25, 0.3) is 0 Å². The zero-order valence-corrected chi connectivity index (χ0v) is 16.1. The molecule has 1 heterocycles. The number of rotatable bonds is 5. The van der Waals surface area contributed by atoms with Crippen molar-refractivity contribution in [1.82, 2.24) is 0 Å². The van der Waals surface area contributed by atoms with E-state index < -0.39 is 0 Å². The Bertz CT molecular complexity index is 989.